The SMILES string of the molecule is CCOc1cc(CN(CC)c2ccccc2)cc(Br)c1O. The van der Waals surface area contributed by atoms with Crippen LogP contribution >= 0.6 is 15.9 Å². The molecule has 0 aliphatic rings. The van der Waals surface area contributed by atoms with E-state index in [4.69, 9.17) is 4.74 Å². The minimum Gasteiger partial charge on any atom is -0.503 e. The molecule has 0 aromatic heterocycles. The number of anilines is 1. The Balaban J connectivity index is 2.25. The van der Waals surface area contributed by atoms with Crippen molar-refractivity contribution in [1.29, 1.82) is 0 Å². The molecule has 0 bridgehead atoms. The Kier molecular flexibility index (Phi) is 5.51. The van der Waals surface area contributed by atoms with E-state index in [-0.39, 0.29) is 5.75 Å². The second kappa shape index (κ2) is 7.36. The van der Waals surface area contributed by atoms with E-state index in [0.717, 1.165) is 18.7 Å². The number of nitrogens with zero attached hydrogens (tertiary/aromatic N) is 1. The van der Waals surface area contributed by atoms with E-state index in [1.165, 1.54) is 5.69 Å². The van der Waals surface area contributed by atoms with Crippen LogP contribution in [0.15, 0.2) is 46.9 Å². The lowest BCUT2D eigenvalue weighted by Gasteiger charge is -2.23. The van der Waals surface area contributed by atoms with Gasteiger partial charge in [-0.3, -0.25) is 0 Å². The highest BCUT2D eigenvalue weighted by Crippen LogP contribution is 2.36. The van der Waals surface area contributed by atoms with E-state index in [0.29, 0.717) is 16.8 Å². The molecule has 0 spiro atoms. The van der Waals surface area contributed by atoms with Gasteiger partial charge in [0.1, 0.15) is 0 Å². The molecule has 0 saturated heterocycles. The van der Waals surface area contributed by atoms with Crippen molar-refractivity contribution in [2.45, 2.75) is 20.4 Å². The zero-order chi connectivity index (χ0) is 15.2. The maximum Gasteiger partial charge on any atom is 0.172 e. The Bertz CT molecular complexity index is 587. The van der Waals surface area contributed by atoms with Gasteiger partial charge < -0.3 is 14.7 Å². The highest BCUT2D eigenvalue weighted by molar-refractivity contribution is 9.10. The lowest BCUT2D eigenvalue weighted by Crippen LogP contribution is -2.21. The molecule has 0 amide bonds. The summed E-state index contributed by atoms with van der Waals surface area (Å²) in [5.74, 6) is 0.675. The topological polar surface area (TPSA) is 32.7 Å². The van der Waals surface area contributed by atoms with Crippen LogP contribution in [-0.2, 0) is 6.54 Å². The van der Waals surface area contributed by atoms with Crippen LogP contribution in [0.3, 0.4) is 0 Å². The Labute approximate surface area is 134 Å². The highest BCUT2D eigenvalue weighted by Gasteiger charge is 2.12. The van der Waals surface area contributed by atoms with E-state index in [2.05, 4.69) is 39.9 Å². The zero-order valence-corrected chi connectivity index (χ0v) is 13.9. The molecule has 3 nitrogen and oxygen atoms in total. The predicted molar refractivity (Wildman–Crippen MR) is 90.1 cm³/mol. The first-order valence-corrected chi connectivity index (χ1v) is 7.89. The van der Waals surface area contributed by atoms with Crippen LogP contribution in [0.25, 0.3) is 0 Å². The van der Waals surface area contributed by atoms with Crippen LogP contribution in [0.1, 0.15) is 19.4 Å². The maximum absolute atomic E-state index is 9.98. The first-order chi connectivity index (χ1) is 10.2. The lowest BCUT2D eigenvalue weighted by atomic mass is 10.1. The van der Waals surface area contributed by atoms with E-state index in [9.17, 15) is 5.11 Å². The van der Waals surface area contributed by atoms with E-state index >= 15 is 0 Å². The lowest BCUT2D eigenvalue weighted by molar-refractivity contribution is 0.317. The first kappa shape index (κ1) is 15.7. The van der Waals surface area contributed by atoms with Gasteiger partial charge in [0.2, 0.25) is 0 Å². The number of para-hydroxylation sites is 1. The van der Waals surface area contributed by atoms with Gasteiger partial charge in [-0.25, -0.2) is 0 Å². The van der Waals surface area contributed by atoms with Gasteiger partial charge in [0.15, 0.2) is 11.5 Å². The number of aromatic hydroxyl groups is 1. The maximum atomic E-state index is 9.98. The Morgan fingerprint density at radius 1 is 1.14 bits per heavy atom. The average molecular weight is 350 g/mol. The fourth-order valence-corrected chi connectivity index (χ4v) is 2.72. The van der Waals surface area contributed by atoms with Gasteiger partial charge in [0.05, 0.1) is 11.1 Å². The van der Waals surface area contributed by atoms with Crippen molar-refractivity contribution >= 4 is 21.6 Å². The number of benzene rings is 2. The molecule has 1 N–H and O–H groups in total. The van der Waals surface area contributed by atoms with Crippen LogP contribution in [0.5, 0.6) is 11.5 Å². The average Bonchev–Trinajstić information content (AvgIpc) is 2.50. The number of hydrogen-bond acceptors (Lipinski definition) is 3. The summed E-state index contributed by atoms with van der Waals surface area (Å²) in [6.45, 7) is 6.24. The molecule has 4 heteroatoms. The normalized spacial score (nSPS) is 10.4. The molecule has 2 aromatic rings. The van der Waals surface area contributed by atoms with Crippen molar-refractivity contribution in [3.8, 4) is 11.5 Å². The highest BCUT2D eigenvalue weighted by atomic mass is 79.9. The molecule has 21 heavy (non-hydrogen) atoms. The summed E-state index contributed by atoms with van der Waals surface area (Å²) in [6.07, 6.45) is 0. The zero-order valence-electron chi connectivity index (χ0n) is 12.3. The fraction of sp³-hybridized carbons (Fsp3) is 0.294. The summed E-state index contributed by atoms with van der Waals surface area (Å²) in [7, 11) is 0. The number of hydrogen-bond donors (Lipinski definition) is 1. The summed E-state index contributed by atoms with van der Waals surface area (Å²) in [5, 5.41) is 9.98. The van der Waals surface area contributed by atoms with Gasteiger partial charge in [0, 0.05) is 18.8 Å². The van der Waals surface area contributed by atoms with Crippen LogP contribution in [0, 0.1) is 0 Å². The minimum absolute atomic E-state index is 0.156. The monoisotopic (exact) mass is 349 g/mol. The molecular formula is C17H20BrNO2. The number of halogens is 1. The number of phenolic OH excluding ortho intramolecular Hbond substituents is 1. The molecule has 0 unspecified atom stereocenters. The van der Waals surface area contributed by atoms with Gasteiger partial charge in [-0.15, -0.1) is 0 Å². The Hall–Kier alpha value is -1.68. The molecule has 0 heterocycles. The minimum atomic E-state index is 0.156. The molecule has 0 aliphatic carbocycles. The van der Waals surface area contributed by atoms with E-state index in [1.807, 2.05) is 37.3 Å². The van der Waals surface area contributed by atoms with Gasteiger partial charge in [0.25, 0.3) is 0 Å². The predicted octanol–water partition coefficient (Wildman–Crippen LogP) is 4.58. The smallest absolute Gasteiger partial charge is 0.172 e. The van der Waals surface area contributed by atoms with Gasteiger partial charge in [-0.05, 0) is 59.6 Å². The summed E-state index contributed by atoms with van der Waals surface area (Å²) in [4.78, 5) is 2.27. The van der Waals surface area contributed by atoms with Crippen LogP contribution in [0.4, 0.5) is 5.69 Å². The van der Waals surface area contributed by atoms with Crippen molar-refractivity contribution in [1.82, 2.24) is 0 Å². The largest absolute Gasteiger partial charge is 0.503 e. The van der Waals surface area contributed by atoms with Gasteiger partial charge in [-0.1, -0.05) is 18.2 Å². The van der Waals surface area contributed by atoms with E-state index in [1.54, 1.807) is 0 Å². The molecular weight excluding hydrogens is 330 g/mol. The third-order valence-electron chi connectivity index (χ3n) is 3.26. The fourth-order valence-electron chi connectivity index (χ4n) is 2.23. The van der Waals surface area contributed by atoms with Gasteiger partial charge >= 0.3 is 0 Å². The Morgan fingerprint density at radius 2 is 1.86 bits per heavy atom. The third-order valence-corrected chi connectivity index (χ3v) is 3.87. The van der Waals surface area contributed by atoms with Crippen molar-refractivity contribution in [3.63, 3.8) is 0 Å². The molecule has 2 aromatic carbocycles. The first-order valence-electron chi connectivity index (χ1n) is 7.09. The second-order valence-corrected chi connectivity index (χ2v) is 5.56. The summed E-state index contributed by atoms with van der Waals surface area (Å²) >= 11 is 3.39. The summed E-state index contributed by atoms with van der Waals surface area (Å²) in [6, 6.07) is 14.1. The molecule has 0 radical (unpaired) electrons. The van der Waals surface area contributed by atoms with Crippen molar-refractivity contribution in [2.75, 3.05) is 18.1 Å². The summed E-state index contributed by atoms with van der Waals surface area (Å²) in [5.41, 5.74) is 2.27. The van der Waals surface area contributed by atoms with Crippen molar-refractivity contribution < 1.29 is 9.84 Å². The molecule has 0 saturated carbocycles. The number of ether oxygens (including phenoxy) is 1. The van der Waals surface area contributed by atoms with Crippen LogP contribution in [0.2, 0.25) is 0 Å². The van der Waals surface area contributed by atoms with Crippen molar-refractivity contribution in [2.24, 2.45) is 0 Å². The quantitative estimate of drug-likeness (QED) is 0.828. The van der Waals surface area contributed by atoms with Gasteiger partial charge in [-0.2, -0.15) is 0 Å². The second-order valence-electron chi connectivity index (χ2n) is 4.71. The molecule has 0 fully saturated rings. The number of rotatable bonds is 6. The van der Waals surface area contributed by atoms with Crippen LogP contribution < -0.4 is 9.64 Å². The van der Waals surface area contributed by atoms with E-state index < -0.39 is 0 Å². The number of phenols is 1. The standard InChI is InChI=1S/C17H20BrNO2/c1-3-19(14-8-6-5-7-9-14)12-13-10-15(18)17(20)16(11-13)21-4-2/h5-11,20H,3-4,12H2,1-2H3. The Morgan fingerprint density at radius 3 is 2.48 bits per heavy atom. The van der Waals surface area contributed by atoms with Crippen molar-refractivity contribution in [3.05, 3.63) is 52.5 Å². The third kappa shape index (κ3) is 3.91. The summed E-state index contributed by atoms with van der Waals surface area (Å²) < 4.78 is 6.14. The van der Waals surface area contributed by atoms with Crippen LogP contribution in [-0.4, -0.2) is 18.3 Å². The molecule has 112 valence electrons. The molecule has 0 aliphatic heterocycles. The molecule has 2 rings (SSSR count). The molecule has 0 atom stereocenters.